The molecular weight excluding hydrogens is 526 g/mol. The number of carbonyl (C=O) groups excluding carboxylic acids is 1. The Morgan fingerprint density at radius 3 is 2.34 bits per heavy atom. The van der Waals surface area contributed by atoms with Crippen molar-refractivity contribution < 1.29 is 26.4 Å². The van der Waals surface area contributed by atoms with Gasteiger partial charge in [0.05, 0.1) is 32.4 Å². The summed E-state index contributed by atoms with van der Waals surface area (Å²) in [6.45, 7) is 0.927. The molecule has 0 spiro atoms. The number of rotatable bonds is 7. The van der Waals surface area contributed by atoms with E-state index in [1.807, 2.05) is 0 Å². The minimum Gasteiger partial charge on any atom is -0.271 e. The zero-order chi connectivity index (χ0) is 25.8. The zero-order valence-electron chi connectivity index (χ0n) is 18.1. The van der Waals surface area contributed by atoms with Crippen LogP contribution in [0.4, 0.5) is 18.9 Å². The van der Waals surface area contributed by atoms with E-state index in [-0.39, 0.29) is 15.6 Å². The highest BCUT2D eigenvalue weighted by molar-refractivity contribution is 7.92. The number of hydrazone groups is 1. The normalized spacial score (nSPS) is 12.1. The van der Waals surface area contributed by atoms with E-state index in [9.17, 15) is 26.4 Å². The lowest BCUT2D eigenvalue weighted by atomic mass is 10.2. The summed E-state index contributed by atoms with van der Waals surface area (Å²) in [5.41, 5.74) is 2.06. The fourth-order valence-corrected chi connectivity index (χ4v) is 4.65. The zero-order valence-corrected chi connectivity index (χ0v) is 20.4. The van der Waals surface area contributed by atoms with Gasteiger partial charge in [0, 0.05) is 0 Å². The number of halogens is 5. The highest BCUT2D eigenvalue weighted by Crippen LogP contribution is 2.33. The van der Waals surface area contributed by atoms with Gasteiger partial charge < -0.3 is 0 Å². The van der Waals surface area contributed by atoms with E-state index >= 15 is 0 Å². The van der Waals surface area contributed by atoms with Crippen LogP contribution in [-0.4, -0.2) is 27.1 Å². The largest absolute Gasteiger partial charge is 0.416 e. The number of hydrogen-bond acceptors (Lipinski definition) is 4. The highest BCUT2D eigenvalue weighted by Gasteiger charge is 2.33. The molecule has 35 heavy (non-hydrogen) atoms. The number of aryl methyl sites for hydroxylation is 1. The van der Waals surface area contributed by atoms with Gasteiger partial charge in [-0.25, -0.2) is 13.8 Å². The van der Waals surface area contributed by atoms with Crippen LogP contribution in [0.2, 0.25) is 10.0 Å². The summed E-state index contributed by atoms with van der Waals surface area (Å²) < 4.78 is 67.0. The fraction of sp³-hybridized carbons (Fsp3) is 0.130. The molecule has 3 aromatic rings. The van der Waals surface area contributed by atoms with Gasteiger partial charge >= 0.3 is 6.18 Å². The van der Waals surface area contributed by atoms with E-state index in [0.717, 1.165) is 17.7 Å². The maximum absolute atomic E-state index is 13.3. The molecule has 3 rings (SSSR count). The molecule has 0 heterocycles. The molecule has 0 aliphatic carbocycles. The Balaban J connectivity index is 1.91. The number of nitrogens with one attached hydrogen (secondary N) is 1. The number of nitrogens with zero attached hydrogens (tertiary/aromatic N) is 2. The van der Waals surface area contributed by atoms with Gasteiger partial charge in [0.2, 0.25) is 0 Å². The second-order valence-corrected chi connectivity index (χ2v) is 10.0. The van der Waals surface area contributed by atoms with Crippen molar-refractivity contribution in [2.45, 2.75) is 18.0 Å². The molecule has 0 saturated carbocycles. The molecule has 1 N–H and O–H groups in total. The van der Waals surface area contributed by atoms with E-state index in [4.69, 9.17) is 23.2 Å². The summed E-state index contributed by atoms with van der Waals surface area (Å²) in [5.74, 6) is -0.880. The van der Waals surface area contributed by atoms with E-state index in [0.29, 0.717) is 21.0 Å². The van der Waals surface area contributed by atoms with E-state index < -0.39 is 34.2 Å². The van der Waals surface area contributed by atoms with Crippen molar-refractivity contribution in [3.63, 3.8) is 0 Å². The first kappa shape index (κ1) is 26.5. The molecule has 12 heteroatoms. The first-order chi connectivity index (χ1) is 16.4. The summed E-state index contributed by atoms with van der Waals surface area (Å²) >= 11 is 11.8. The Labute approximate surface area is 210 Å². The van der Waals surface area contributed by atoms with E-state index in [2.05, 4.69) is 10.5 Å². The smallest absolute Gasteiger partial charge is 0.271 e. The molecule has 0 radical (unpaired) electrons. The second kappa shape index (κ2) is 10.7. The van der Waals surface area contributed by atoms with Crippen LogP contribution in [-0.2, 0) is 21.0 Å². The predicted molar refractivity (Wildman–Crippen MR) is 129 cm³/mol. The third-order valence-corrected chi connectivity index (χ3v) is 7.23. The van der Waals surface area contributed by atoms with Gasteiger partial charge in [0.25, 0.3) is 15.9 Å². The summed E-state index contributed by atoms with van der Waals surface area (Å²) in [6, 6.07) is 14.0. The van der Waals surface area contributed by atoms with Crippen molar-refractivity contribution in [3.8, 4) is 0 Å². The average Bonchev–Trinajstić information content (AvgIpc) is 2.79. The Morgan fingerprint density at radius 1 is 1.03 bits per heavy atom. The number of sulfonamides is 1. The van der Waals surface area contributed by atoms with Crippen LogP contribution in [0.3, 0.4) is 0 Å². The summed E-state index contributed by atoms with van der Waals surface area (Å²) in [7, 11) is -4.39. The number of benzene rings is 3. The number of hydrogen-bond donors (Lipinski definition) is 1. The molecule has 0 saturated heterocycles. The van der Waals surface area contributed by atoms with Crippen LogP contribution in [0, 0.1) is 6.92 Å². The molecule has 0 aromatic heterocycles. The van der Waals surface area contributed by atoms with Crippen LogP contribution < -0.4 is 9.73 Å². The number of carbonyl (C=O) groups is 1. The first-order valence-electron chi connectivity index (χ1n) is 9.91. The van der Waals surface area contributed by atoms with E-state index in [1.54, 1.807) is 25.1 Å². The number of alkyl halides is 3. The molecule has 0 atom stereocenters. The SMILES string of the molecule is Cc1ccc(S(=O)(=O)N(CC(=O)N/N=C\c2ccc(Cl)c(Cl)c2)c2cccc(C(F)(F)F)c2)cc1. The van der Waals surface area contributed by atoms with Crippen molar-refractivity contribution >= 4 is 51.0 Å². The lowest BCUT2D eigenvalue weighted by Gasteiger charge is -2.24. The monoisotopic (exact) mass is 543 g/mol. The minimum atomic E-state index is -4.71. The maximum atomic E-state index is 13.3. The third-order valence-electron chi connectivity index (χ3n) is 4.70. The molecule has 0 aliphatic rings. The lowest BCUT2D eigenvalue weighted by molar-refractivity contribution is -0.137. The van der Waals surface area contributed by atoms with Crippen molar-refractivity contribution in [2.24, 2.45) is 5.10 Å². The maximum Gasteiger partial charge on any atom is 0.416 e. The molecule has 184 valence electrons. The van der Waals surface area contributed by atoms with Crippen LogP contribution in [0.25, 0.3) is 0 Å². The molecule has 0 fully saturated rings. The highest BCUT2D eigenvalue weighted by atomic mass is 35.5. The molecule has 0 bridgehead atoms. The third kappa shape index (κ3) is 6.74. The Hall–Kier alpha value is -3.08. The fourth-order valence-electron chi connectivity index (χ4n) is 2.93. The van der Waals surface area contributed by atoms with Gasteiger partial charge in [-0.2, -0.15) is 18.3 Å². The van der Waals surface area contributed by atoms with Crippen molar-refractivity contribution in [1.82, 2.24) is 5.43 Å². The number of amides is 1. The van der Waals surface area contributed by atoms with Gasteiger partial charge in [-0.05, 0) is 55.0 Å². The molecule has 1 amide bonds. The molecular formula is C23H18Cl2F3N3O3S. The minimum absolute atomic E-state index is 0.187. The van der Waals surface area contributed by atoms with Crippen molar-refractivity contribution in [2.75, 3.05) is 10.8 Å². The average molecular weight is 544 g/mol. The molecule has 0 aliphatic heterocycles. The van der Waals surface area contributed by atoms with Gasteiger partial charge in [-0.15, -0.1) is 0 Å². The number of anilines is 1. The molecule has 6 nitrogen and oxygen atoms in total. The Morgan fingerprint density at radius 2 is 1.71 bits per heavy atom. The van der Waals surface area contributed by atoms with Crippen molar-refractivity contribution in [1.29, 1.82) is 0 Å². The predicted octanol–water partition coefficient (Wildman–Crippen LogP) is 5.67. The summed E-state index contributed by atoms with van der Waals surface area (Å²) in [6.07, 6.45) is -3.45. The van der Waals surface area contributed by atoms with Crippen molar-refractivity contribution in [3.05, 3.63) is 93.5 Å². The first-order valence-corrected chi connectivity index (χ1v) is 12.1. The van der Waals surface area contributed by atoms with Gasteiger partial charge in [0.15, 0.2) is 0 Å². The Bertz CT molecular complexity index is 1360. The van der Waals surface area contributed by atoms with Crippen LogP contribution in [0.1, 0.15) is 16.7 Å². The molecule has 3 aromatic carbocycles. The van der Waals surface area contributed by atoms with Crippen LogP contribution in [0.15, 0.2) is 76.7 Å². The van der Waals surface area contributed by atoms with Gasteiger partial charge in [-0.3, -0.25) is 9.10 Å². The van der Waals surface area contributed by atoms with Gasteiger partial charge in [-0.1, -0.05) is 53.0 Å². The topological polar surface area (TPSA) is 78.8 Å². The standard InChI is InChI=1S/C23H18Cl2F3N3O3S/c1-15-5-8-19(9-6-15)35(33,34)31(18-4-2-3-17(12-18)23(26,27)28)14-22(32)30-29-13-16-7-10-20(24)21(25)11-16/h2-13H,14H2,1H3,(H,30,32)/b29-13-. The van der Waals surface area contributed by atoms with Crippen LogP contribution >= 0.6 is 23.2 Å². The Kier molecular flexibility index (Phi) is 8.09. The van der Waals surface area contributed by atoms with Gasteiger partial charge in [0.1, 0.15) is 6.54 Å². The lowest BCUT2D eigenvalue weighted by Crippen LogP contribution is -2.39. The quantitative estimate of drug-likeness (QED) is 0.308. The second-order valence-electron chi connectivity index (χ2n) is 7.34. The summed E-state index contributed by atoms with van der Waals surface area (Å²) in [5, 5.41) is 4.35. The molecule has 0 unspecified atom stereocenters. The summed E-state index contributed by atoms with van der Waals surface area (Å²) in [4.78, 5) is 12.4. The van der Waals surface area contributed by atoms with E-state index in [1.165, 1.54) is 36.5 Å². The van der Waals surface area contributed by atoms with Crippen LogP contribution in [0.5, 0.6) is 0 Å².